The number of nitro groups is 1. The fourth-order valence-electron chi connectivity index (χ4n) is 3.57. The van der Waals surface area contributed by atoms with Crippen molar-refractivity contribution in [2.45, 2.75) is 13.1 Å². The molecule has 0 spiro atoms. The first kappa shape index (κ1) is 20.1. The Labute approximate surface area is 173 Å². The van der Waals surface area contributed by atoms with Crippen LogP contribution in [0.1, 0.15) is 21.5 Å². The third kappa shape index (κ3) is 4.52. The Morgan fingerprint density at radius 1 is 1.03 bits per heavy atom. The van der Waals surface area contributed by atoms with Crippen LogP contribution < -0.4 is 14.8 Å². The van der Waals surface area contributed by atoms with E-state index in [0.29, 0.717) is 32.2 Å². The molecule has 1 saturated heterocycles. The summed E-state index contributed by atoms with van der Waals surface area (Å²) in [5.74, 6) is 0.0879. The number of carbonyl (C=O) groups excluding carboxylic acids is 1. The van der Waals surface area contributed by atoms with Crippen LogP contribution in [-0.2, 0) is 17.8 Å². The molecule has 0 radical (unpaired) electrons. The van der Waals surface area contributed by atoms with Crippen molar-refractivity contribution in [2.24, 2.45) is 0 Å². The summed E-state index contributed by atoms with van der Waals surface area (Å²) in [6.45, 7) is 4.84. The van der Waals surface area contributed by atoms with Gasteiger partial charge in [-0.1, -0.05) is 24.3 Å². The van der Waals surface area contributed by atoms with Crippen molar-refractivity contribution in [1.82, 2.24) is 10.2 Å². The summed E-state index contributed by atoms with van der Waals surface area (Å²) >= 11 is 0. The summed E-state index contributed by atoms with van der Waals surface area (Å²) in [7, 11) is 0. The van der Waals surface area contributed by atoms with E-state index in [9.17, 15) is 14.9 Å². The molecule has 2 aromatic rings. The summed E-state index contributed by atoms with van der Waals surface area (Å²) in [5.41, 5.74) is 1.72. The number of carbonyl (C=O) groups is 1. The molecule has 2 heterocycles. The fourth-order valence-corrected chi connectivity index (χ4v) is 3.57. The lowest BCUT2D eigenvalue weighted by molar-refractivity contribution is -0.385. The van der Waals surface area contributed by atoms with E-state index in [-0.39, 0.29) is 23.5 Å². The van der Waals surface area contributed by atoms with Crippen LogP contribution in [0.3, 0.4) is 0 Å². The molecule has 0 bridgehead atoms. The molecule has 158 valence electrons. The molecule has 2 aliphatic rings. The SMILES string of the molecule is O=C(NCc1ccccc1CN1CCOCC1)c1cc2c(cc1[N+](=O)[O-])OCCO2. The van der Waals surface area contributed by atoms with E-state index in [2.05, 4.69) is 10.2 Å². The number of nitrogens with one attached hydrogen (secondary N) is 1. The minimum Gasteiger partial charge on any atom is -0.486 e. The molecular formula is C21H23N3O6. The number of ether oxygens (including phenoxy) is 3. The van der Waals surface area contributed by atoms with Gasteiger partial charge in [-0.3, -0.25) is 19.8 Å². The van der Waals surface area contributed by atoms with Gasteiger partial charge in [0.25, 0.3) is 11.6 Å². The maximum atomic E-state index is 12.8. The number of morpholine rings is 1. The van der Waals surface area contributed by atoms with Gasteiger partial charge in [-0.05, 0) is 11.1 Å². The first-order valence-corrected chi connectivity index (χ1v) is 9.85. The lowest BCUT2D eigenvalue weighted by atomic mass is 10.1. The fraction of sp³-hybridized carbons (Fsp3) is 0.381. The van der Waals surface area contributed by atoms with Crippen molar-refractivity contribution in [1.29, 1.82) is 0 Å². The van der Waals surface area contributed by atoms with Crippen LogP contribution in [0, 0.1) is 10.1 Å². The van der Waals surface area contributed by atoms with Crippen LogP contribution in [0.15, 0.2) is 36.4 Å². The highest BCUT2D eigenvalue weighted by molar-refractivity contribution is 5.99. The first-order valence-electron chi connectivity index (χ1n) is 9.85. The molecule has 9 nitrogen and oxygen atoms in total. The highest BCUT2D eigenvalue weighted by atomic mass is 16.6. The number of hydrogen-bond acceptors (Lipinski definition) is 7. The van der Waals surface area contributed by atoms with Gasteiger partial charge in [0.15, 0.2) is 11.5 Å². The molecule has 2 aromatic carbocycles. The highest BCUT2D eigenvalue weighted by Crippen LogP contribution is 2.36. The van der Waals surface area contributed by atoms with Crippen molar-refractivity contribution in [3.8, 4) is 11.5 Å². The summed E-state index contributed by atoms with van der Waals surface area (Å²) < 4.78 is 16.3. The van der Waals surface area contributed by atoms with Gasteiger partial charge in [-0.2, -0.15) is 0 Å². The number of rotatable bonds is 6. The smallest absolute Gasteiger partial charge is 0.286 e. The van der Waals surface area contributed by atoms with E-state index in [1.807, 2.05) is 24.3 Å². The maximum Gasteiger partial charge on any atom is 0.286 e. The van der Waals surface area contributed by atoms with Gasteiger partial charge in [0.1, 0.15) is 18.8 Å². The van der Waals surface area contributed by atoms with E-state index in [1.165, 1.54) is 12.1 Å². The number of amides is 1. The molecule has 0 saturated carbocycles. The topological polar surface area (TPSA) is 103 Å². The Bertz CT molecular complexity index is 942. The van der Waals surface area contributed by atoms with Crippen LogP contribution in [0.25, 0.3) is 0 Å². The third-order valence-corrected chi connectivity index (χ3v) is 5.16. The van der Waals surface area contributed by atoms with E-state index in [4.69, 9.17) is 14.2 Å². The average Bonchev–Trinajstić information content (AvgIpc) is 2.78. The molecule has 1 fully saturated rings. The van der Waals surface area contributed by atoms with Crippen molar-refractivity contribution in [3.05, 3.63) is 63.2 Å². The van der Waals surface area contributed by atoms with Gasteiger partial charge >= 0.3 is 0 Å². The molecule has 0 unspecified atom stereocenters. The lowest BCUT2D eigenvalue weighted by Gasteiger charge is -2.27. The van der Waals surface area contributed by atoms with Gasteiger partial charge in [0.2, 0.25) is 0 Å². The van der Waals surface area contributed by atoms with E-state index < -0.39 is 10.8 Å². The predicted octanol–water partition coefficient (Wildman–Crippen LogP) is 2.13. The van der Waals surface area contributed by atoms with Crippen molar-refractivity contribution in [3.63, 3.8) is 0 Å². The number of nitrogens with zero attached hydrogens (tertiary/aromatic N) is 2. The van der Waals surface area contributed by atoms with Crippen LogP contribution >= 0.6 is 0 Å². The summed E-state index contributed by atoms with van der Waals surface area (Å²) in [5, 5.41) is 14.3. The Kier molecular flexibility index (Phi) is 6.10. The normalized spacial score (nSPS) is 16.1. The van der Waals surface area contributed by atoms with Gasteiger partial charge in [0.05, 0.1) is 24.2 Å². The molecule has 30 heavy (non-hydrogen) atoms. The minimum atomic E-state index is -0.584. The second-order valence-corrected chi connectivity index (χ2v) is 7.11. The third-order valence-electron chi connectivity index (χ3n) is 5.16. The number of hydrogen-bond donors (Lipinski definition) is 1. The molecule has 9 heteroatoms. The Morgan fingerprint density at radius 2 is 1.70 bits per heavy atom. The van der Waals surface area contributed by atoms with Gasteiger partial charge in [-0.15, -0.1) is 0 Å². The standard InChI is InChI=1S/C21H23N3O6/c25-21(17-11-19-20(30-10-9-29-19)12-18(17)24(26)27)22-13-15-3-1-2-4-16(15)14-23-5-7-28-8-6-23/h1-4,11-12H,5-10,13-14H2,(H,22,25). The monoisotopic (exact) mass is 413 g/mol. The van der Waals surface area contributed by atoms with Crippen LogP contribution in [0.5, 0.6) is 11.5 Å². The van der Waals surface area contributed by atoms with Crippen molar-refractivity contribution >= 4 is 11.6 Å². The first-order chi connectivity index (χ1) is 14.6. The second kappa shape index (κ2) is 9.10. The Hall–Kier alpha value is -3.17. The molecule has 4 rings (SSSR count). The summed E-state index contributed by atoms with van der Waals surface area (Å²) in [6, 6.07) is 10.5. The quantitative estimate of drug-likeness (QED) is 0.572. The van der Waals surface area contributed by atoms with Gasteiger partial charge in [-0.25, -0.2) is 0 Å². The van der Waals surface area contributed by atoms with Crippen LogP contribution in [-0.4, -0.2) is 55.2 Å². The molecule has 0 atom stereocenters. The number of nitro benzene ring substituents is 1. The minimum absolute atomic E-state index is 0.0464. The van der Waals surface area contributed by atoms with Gasteiger partial charge in [0, 0.05) is 32.2 Å². The summed E-state index contributed by atoms with van der Waals surface area (Å²) in [6.07, 6.45) is 0. The Morgan fingerprint density at radius 3 is 2.40 bits per heavy atom. The highest BCUT2D eigenvalue weighted by Gasteiger charge is 2.26. The van der Waals surface area contributed by atoms with Crippen molar-refractivity contribution < 1.29 is 23.9 Å². The maximum absolute atomic E-state index is 12.8. The van der Waals surface area contributed by atoms with E-state index >= 15 is 0 Å². The number of fused-ring (bicyclic) bond motifs is 1. The second-order valence-electron chi connectivity index (χ2n) is 7.11. The lowest BCUT2D eigenvalue weighted by Crippen LogP contribution is -2.36. The van der Waals surface area contributed by atoms with Crippen LogP contribution in [0.4, 0.5) is 5.69 Å². The van der Waals surface area contributed by atoms with E-state index in [0.717, 1.165) is 30.8 Å². The molecule has 1 amide bonds. The van der Waals surface area contributed by atoms with Gasteiger partial charge < -0.3 is 19.5 Å². The zero-order chi connectivity index (χ0) is 20.9. The predicted molar refractivity (Wildman–Crippen MR) is 108 cm³/mol. The number of benzene rings is 2. The molecule has 1 N–H and O–H groups in total. The van der Waals surface area contributed by atoms with Crippen LogP contribution in [0.2, 0.25) is 0 Å². The zero-order valence-electron chi connectivity index (χ0n) is 16.5. The summed E-state index contributed by atoms with van der Waals surface area (Å²) in [4.78, 5) is 26.0. The van der Waals surface area contributed by atoms with Crippen molar-refractivity contribution in [2.75, 3.05) is 39.5 Å². The molecule has 0 aromatic heterocycles. The van der Waals surface area contributed by atoms with E-state index in [1.54, 1.807) is 0 Å². The zero-order valence-corrected chi connectivity index (χ0v) is 16.5. The molecular weight excluding hydrogens is 390 g/mol. The molecule has 0 aliphatic carbocycles. The molecule has 2 aliphatic heterocycles. The average molecular weight is 413 g/mol. The largest absolute Gasteiger partial charge is 0.486 e. The Balaban J connectivity index is 1.49.